The van der Waals surface area contributed by atoms with E-state index in [9.17, 15) is 14.0 Å². The van der Waals surface area contributed by atoms with Crippen molar-refractivity contribution < 1.29 is 14.0 Å². The van der Waals surface area contributed by atoms with Crippen LogP contribution in [0, 0.1) is 5.82 Å². The number of amides is 3. The summed E-state index contributed by atoms with van der Waals surface area (Å²) in [7, 11) is 0. The summed E-state index contributed by atoms with van der Waals surface area (Å²) in [5.74, 6) is -0.193. The number of carbonyl (C=O) groups excluding carboxylic acids is 2. The van der Waals surface area contributed by atoms with Crippen LogP contribution in [-0.2, 0) is 4.79 Å². The smallest absolute Gasteiger partial charge is 0.320 e. The van der Waals surface area contributed by atoms with Crippen molar-refractivity contribution in [3.8, 4) is 0 Å². The summed E-state index contributed by atoms with van der Waals surface area (Å²) in [5.41, 5.74) is -0.261. The van der Waals surface area contributed by atoms with Crippen LogP contribution in [0.3, 0.4) is 0 Å². The number of carbonyl (C=O) groups is 2. The number of anilines is 1. The fourth-order valence-corrected chi connectivity index (χ4v) is 2.24. The van der Waals surface area contributed by atoms with E-state index >= 15 is 0 Å². The minimum atomic E-state index is -0.469. The SMILES string of the molecule is CC(C)(C)N1CC(NC(=O)Nc2ccc(F)cn2)CC1=O. The van der Waals surface area contributed by atoms with Gasteiger partial charge < -0.3 is 10.2 Å². The molecule has 1 aliphatic heterocycles. The third kappa shape index (κ3) is 3.90. The summed E-state index contributed by atoms with van der Waals surface area (Å²) >= 11 is 0. The molecule has 1 aromatic rings. The Morgan fingerprint density at radius 1 is 1.43 bits per heavy atom. The van der Waals surface area contributed by atoms with E-state index in [2.05, 4.69) is 15.6 Å². The predicted octanol–water partition coefficient (Wildman–Crippen LogP) is 1.74. The van der Waals surface area contributed by atoms with Crippen molar-refractivity contribution in [2.24, 2.45) is 0 Å². The first-order valence-corrected chi connectivity index (χ1v) is 6.75. The Hall–Kier alpha value is -2.18. The van der Waals surface area contributed by atoms with Crippen molar-refractivity contribution in [2.75, 3.05) is 11.9 Å². The van der Waals surface area contributed by atoms with Gasteiger partial charge in [0, 0.05) is 18.5 Å². The second kappa shape index (κ2) is 5.67. The lowest BCUT2D eigenvalue weighted by atomic mass is 10.1. The summed E-state index contributed by atoms with van der Waals surface area (Å²) < 4.78 is 12.7. The Kier molecular flexibility index (Phi) is 4.11. The van der Waals surface area contributed by atoms with Gasteiger partial charge in [0.1, 0.15) is 11.6 Å². The van der Waals surface area contributed by atoms with Gasteiger partial charge in [0.05, 0.1) is 12.2 Å². The molecule has 6 nitrogen and oxygen atoms in total. The number of pyridine rings is 1. The lowest BCUT2D eigenvalue weighted by Crippen LogP contribution is -2.45. The average Bonchev–Trinajstić information content (AvgIpc) is 2.73. The molecule has 1 unspecified atom stereocenters. The van der Waals surface area contributed by atoms with Crippen molar-refractivity contribution in [1.82, 2.24) is 15.2 Å². The third-order valence-electron chi connectivity index (χ3n) is 3.24. The van der Waals surface area contributed by atoms with Crippen molar-refractivity contribution in [2.45, 2.75) is 38.8 Å². The monoisotopic (exact) mass is 294 g/mol. The maximum atomic E-state index is 12.7. The molecule has 3 amide bonds. The van der Waals surface area contributed by atoms with Crippen LogP contribution < -0.4 is 10.6 Å². The Morgan fingerprint density at radius 3 is 2.67 bits per heavy atom. The van der Waals surface area contributed by atoms with Crippen molar-refractivity contribution in [3.63, 3.8) is 0 Å². The zero-order chi connectivity index (χ0) is 15.6. The van der Waals surface area contributed by atoms with Gasteiger partial charge in [-0.3, -0.25) is 10.1 Å². The molecule has 21 heavy (non-hydrogen) atoms. The van der Waals surface area contributed by atoms with Crippen LogP contribution in [-0.4, -0.2) is 39.9 Å². The number of nitrogens with zero attached hydrogens (tertiary/aromatic N) is 2. The maximum absolute atomic E-state index is 12.7. The number of hydrogen-bond acceptors (Lipinski definition) is 3. The molecule has 7 heteroatoms. The van der Waals surface area contributed by atoms with Crippen LogP contribution in [0.5, 0.6) is 0 Å². The zero-order valence-electron chi connectivity index (χ0n) is 12.3. The van der Waals surface area contributed by atoms with E-state index in [-0.39, 0.29) is 29.7 Å². The predicted molar refractivity (Wildman–Crippen MR) is 76.2 cm³/mol. The van der Waals surface area contributed by atoms with E-state index in [4.69, 9.17) is 0 Å². The van der Waals surface area contributed by atoms with Crippen LogP contribution in [0.1, 0.15) is 27.2 Å². The molecule has 1 aliphatic rings. The fourth-order valence-electron chi connectivity index (χ4n) is 2.24. The van der Waals surface area contributed by atoms with E-state index in [1.807, 2.05) is 20.8 Å². The van der Waals surface area contributed by atoms with Gasteiger partial charge in [-0.2, -0.15) is 0 Å². The first kappa shape index (κ1) is 15.2. The highest BCUT2D eigenvalue weighted by Crippen LogP contribution is 2.21. The molecule has 0 aliphatic carbocycles. The van der Waals surface area contributed by atoms with Gasteiger partial charge in [-0.05, 0) is 32.9 Å². The van der Waals surface area contributed by atoms with E-state index in [1.54, 1.807) is 4.90 Å². The highest BCUT2D eigenvalue weighted by molar-refractivity contribution is 5.89. The van der Waals surface area contributed by atoms with Gasteiger partial charge >= 0.3 is 6.03 Å². The number of nitrogens with one attached hydrogen (secondary N) is 2. The van der Waals surface area contributed by atoms with Gasteiger partial charge in [0.15, 0.2) is 0 Å². The normalized spacial score (nSPS) is 18.8. The Morgan fingerprint density at radius 2 is 2.14 bits per heavy atom. The van der Waals surface area contributed by atoms with E-state index in [1.165, 1.54) is 12.1 Å². The summed E-state index contributed by atoms with van der Waals surface area (Å²) in [6.45, 7) is 6.34. The van der Waals surface area contributed by atoms with E-state index in [0.717, 1.165) is 6.20 Å². The van der Waals surface area contributed by atoms with Crippen LogP contribution in [0.4, 0.5) is 15.0 Å². The largest absolute Gasteiger partial charge is 0.336 e. The lowest BCUT2D eigenvalue weighted by Gasteiger charge is -2.32. The molecular weight excluding hydrogens is 275 g/mol. The standard InChI is InChI=1S/C14H19FN4O2/c1-14(2,3)19-8-10(6-12(19)20)17-13(21)18-11-5-4-9(15)7-16-11/h4-5,7,10H,6,8H2,1-3H3,(H2,16,17,18,21). The summed E-state index contributed by atoms with van der Waals surface area (Å²) in [5, 5.41) is 5.23. The van der Waals surface area contributed by atoms with Crippen LogP contribution in [0.2, 0.25) is 0 Å². The first-order valence-electron chi connectivity index (χ1n) is 6.75. The summed E-state index contributed by atoms with van der Waals surface area (Å²) in [6.07, 6.45) is 1.30. The van der Waals surface area contributed by atoms with Gasteiger partial charge in [0.25, 0.3) is 0 Å². The quantitative estimate of drug-likeness (QED) is 0.872. The van der Waals surface area contributed by atoms with Gasteiger partial charge in [0.2, 0.25) is 5.91 Å². The lowest BCUT2D eigenvalue weighted by molar-refractivity contribution is -0.131. The highest BCUT2D eigenvalue weighted by atomic mass is 19.1. The van der Waals surface area contributed by atoms with Crippen LogP contribution >= 0.6 is 0 Å². The molecule has 1 atom stereocenters. The van der Waals surface area contributed by atoms with E-state index in [0.29, 0.717) is 6.54 Å². The number of aromatic nitrogens is 1. The molecule has 0 bridgehead atoms. The summed E-state index contributed by atoms with van der Waals surface area (Å²) in [4.78, 5) is 29.2. The molecule has 0 radical (unpaired) electrons. The Bertz CT molecular complexity index is 539. The number of hydrogen-bond donors (Lipinski definition) is 2. The minimum Gasteiger partial charge on any atom is -0.336 e. The Balaban J connectivity index is 1.89. The molecule has 0 saturated carbocycles. The topological polar surface area (TPSA) is 74.3 Å². The molecular formula is C14H19FN4O2. The molecule has 1 fully saturated rings. The summed E-state index contributed by atoms with van der Waals surface area (Å²) in [6, 6.07) is 1.89. The molecule has 0 spiro atoms. The number of likely N-dealkylation sites (tertiary alicyclic amines) is 1. The number of rotatable bonds is 2. The molecule has 2 heterocycles. The van der Waals surface area contributed by atoms with Crippen LogP contribution in [0.15, 0.2) is 18.3 Å². The second-order valence-corrected chi connectivity index (χ2v) is 6.04. The molecule has 0 aromatic carbocycles. The fraction of sp³-hybridized carbons (Fsp3) is 0.500. The zero-order valence-corrected chi connectivity index (χ0v) is 12.3. The van der Waals surface area contributed by atoms with Crippen molar-refractivity contribution in [3.05, 3.63) is 24.1 Å². The molecule has 114 valence electrons. The van der Waals surface area contributed by atoms with Crippen molar-refractivity contribution in [1.29, 1.82) is 0 Å². The van der Waals surface area contributed by atoms with Gasteiger partial charge in [-0.1, -0.05) is 0 Å². The molecule has 2 rings (SSSR count). The maximum Gasteiger partial charge on any atom is 0.320 e. The van der Waals surface area contributed by atoms with Crippen molar-refractivity contribution >= 4 is 17.8 Å². The van der Waals surface area contributed by atoms with Gasteiger partial charge in [-0.25, -0.2) is 14.2 Å². The highest BCUT2D eigenvalue weighted by Gasteiger charge is 2.36. The van der Waals surface area contributed by atoms with Crippen LogP contribution in [0.25, 0.3) is 0 Å². The molecule has 1 aromatic heterocycles. The van der Waals surface area contributed by atoms with E-state index < -0.39 is 11.8 Å². The minimum absolute atomic E-state index is 0.0210. The third-order valence-corrected chi connectivity index (χ3v) is 3.24. The second-order valence-electron chi connectivity index (χ2n) is 6.04. The Labute approximate surface area is 122 Å². The molecule has 2 N–H and O–H groups in total. The van der Waals surface area contributed by atoms with Gasteiger partial charge in [-0.15, -0.1) is 0 Å². The number of halogens is 1. The molecule has 1 saturated heterocycles. The first-order chi connectivity index (χ1) is 9.75. The average molecular weight is 294 g/mol. The number of urea groups is 1.